The maximum Gasteiger partial charge on any atom is -0.00187 e. The summed E-state index contributed by atoms with van der Waals surface area (Å²) in [6, 6.07) is 11.0. The Bertz CT molecular complexity index is 449. The smallest absolute Gasteiger partial charge is 0.00187 e. The number of aryl methyl sites for hydroxylation is 1. The van der Waals surface area contributed by atoms with E-state index >= 15 is 0 Å². The van der Waals surface area contributed by atoms with Crippen LogP contribution in [0.2, 0.25) is 0 Å². The first-order valence-corrected chi connectivity index (χ1v) is 14.1. The van der Waals surface area contributed by atoms with Crippen molar-refractivity contribution in [1.82, 2.24) is 4.90 Å². The monoisotopic (exact) mass is 429 g/mol. The molecular formula is C30H55N. The van der Waals surface area contributed by atoms with Gasteiger partial charge in [0.15, 0.2) is 0 Å². The number of hydrogen-bond donors (Lipinski definition) is 0. The Labute approximate surface area is 196 Å². The van der Waals surface area contributed by atoms with Crippen LogP contribution in [0.1, 0.15) is 135 Å². The standard InChI is InChI=1S/C30H55N/c1-3-27-31(28-4-2)29-23-18-16-14-12-10-8-6-5-7-9-11-13-15-17-20-24-30-25-21-19-22-26-30/h19,21-22,25-26H,3-18,20,23-24,27-29H2,1-2H3. The zero-order valence-electron chi connectivity index (χ0n) is 21.4. The van der Waals surface area contributed by atoms with Gasteiger partial charge in [-0.3, -0.25) is 0 Å². The van der Waals surface area contributed by atoms with Crippen molar-refractivity contribution < 1.29 is 0 Å². The van der Waals surface area contributed by atoms with Crippen molar-refractivity contribution in [3.63, 3.8) is 0 Å². The molecule has 1 heteroatoms. The van der Waals surface area contributed by atoms with Crippen LogP contribution in [-0.4, -0.2) is 24.5 Å². The topological polar surface area (TPSA) is 3.24 Å². The van der Waals surface area contributed by atoms with Gasteiger partial charge in [0.25, 0.3) is 0 Å². The third kappa shape index (κ3) is 18.5. The van der Waals surface area contributed by atoms with E-state index in [0.717, 1.165) is 0 Å². The van der Waals surface area contributed by atoms with Gasteiger partial charge in [-0.05, 0) is 57.3 Å². The molecule has 0 saturated heterocycles. The first-order valence-electron chi connectivity index (χ1n) is 14.1. The normalized spacial score (nSPS) is 11.5. The lowest BCUT2D eigenvalue weighted by molar-refractivity contribution is 0.267. The average Bonchev–Trinajstić information content (AvgIpc) is 2.79. The molecule has 0 heterocycles. The number of hydrogen-bond acceptors (Lipinski definition) is 1. The summed E-state index contributed by atoms with van der Waals surface area (Å²) in [5, 5.41) is 0. The van der Waals surface area contributed by atoms with Crippen molar-refractivity contribution in [2.45, 2.75) is 136 Å². The second-order valence-corrected chi connectivity index (χ2v) is 9.73. The highest BCUT2D eigenvalue weighted by Crippen LogP contribution is 2.14. The summed E-state index contributed by atoms with van der Waals surface area (Å²) in [5.41, 5.74) is 1.50. The number of rotatable bonds is 23. The van der Waals surface area contributed by atoms with Crippen LogP contribution >= 0.6 is 0 Å². The fraction of sp³-hybridized carbons (Fsp3) is 0.800. The lowest BCUT2D eigenvalue weighted by Gasteiger charge is -2.20. The Morgan fingerprint density at radius 2 is 0.839 bits per heavy atom. The molecule has 0 aliphatic carbocycles. The maximum atomic E-state index is 2.66. The molecule has 0 aliphatic rings. The summed E-state index contributed by atoms with van der Waals surface area (Å²) in [5.74, 6) is 0. The summed E-state index contributed by atoms with van der Waals surface area (Å²) in [4.78, 5) is 2.66. The SMILES string of the molecule is CCCN(CCC)CCCCCCCCCCCCCCCCCCc1ccccc1. The molecule has 0 unspecified atom stereocenters. The fourth-order valence-corrected chi connectivity index (χ4v) is 4.75. The van der Waals surface area contributed by atoms with E-state index in [2.05, 4.69) is 49.1 Å². The predicted molar refractivity (Wildman–Crippen MR) is 141 cm³/mol. The highest BCUT2D eigenvalue weighted by Gasteiger charge is 2.01. The average molecular weight is 430 g/mol. The number of nitrogens with zero attached hydrogens (tertiary/aromatic N) is 1. The Kier molecular flexibility index (Phi) is 20.4. The van der Waals surface area contributed by atoms with Crippen LogP contribution in [0.4, 0.5) is 0 Å². The molecule has 0 atom stereocenters. The molecule has 1 aromatic rings. The van der Waals surface area contributed by atoms with E-state index in [9.17, 15) is 0 Å². The van der Waals surface area contributed by atoms with Gasteiger partial charge < -0.3 is 4.90 Å². The second kappa shape index (κ2) is 22.4. The lowest BCUT2D eigenvalue weighted by atomic mass is 10.0. The molecule has 0 aromatic heterocycles. The van der Waals surface area contributed by atoms with E-state index < -0.39 is 0 Å². The van der Waals surface area contributed by atoms with Crippen LogP contribution in [-0.2, 0) is 6.42 Å². The summed E-state index contributed by atoms with van der Waals surface area (Å²) in [6.07, 6.45) is 27.0. The molecule has 0 N–H and O–H groups in total. The summed E-state index contributed by atoms with van der Waals surface area (Å²) in [7, 11) is 0. The maximum absolute atomic E-state index is 2.66. The zero-order valence-corrected chi connectivity index (χ0v) is 21.4. The van der Waals surface area contributed by atoms with Crippen molar-refractivity contribution in [1.29, 1.82) is 0 Å². The van der Waals surface area contributed by atoms with Gasteiger partial charge in [-0.2, -0.15) is 0 Å². The van der Waals surface area contributed by atoms with Crippen molar-refractivity contribution in [3.8, 4) is 0 Å². The van der Waals surface area contributed by atoms with E-state index in [1.807, 2.05) is 0 Å². The largest absolute Gasteiger partial charge is 0.303 e. The first kappa shape index (κ1) is 28.2. The molecule has 1 rings (SSSR count). The molecule has 0 saturated carbocycles. The molecule has 0 fully saturated rings. The predicted octanol–water partition coefficient (Wildman–Crippen LogP) is 9.59. The van der Waals surface area contributed by atoms with Crippen LogP contribution in [0, 0.1) is 0 Å². The van der Waals surface area contributed by atoms with Crippen molar-refractivity contribution >= 4 is 0 Å². The zero-order chi connectivity index (χ0) is 22.2. The molecule has 1 aromatic carbocycles. The minimum absolute atomic E-state index is 1.26. The molecule has 0 amide bonds. The van der Waals surface area contributed by atoms with Crippen LogP contribution in [0.3, 0.4) is 0 Å². The lowest BCUT2D eigenvalue weighted by Crippen LogP contribution is -2.26. The molecular weight excluding hydrogens is 374 g/mol. The van der Waals surface area contributed by atoms with E-state index in [0.29, 0.717) is 0 Å². The molecule has 0 radical (unpaired) electrons. The Balaban J connectivity index is 1.72. The van der Waals surface area contributed by atoms with Gasteiger partial charge >= 0.3 is 0 Å². The Hall–Kier alpha value is -0.820. The van der Waals surface area contributed by atoms with Crippen LogP contribution in [0.25, 0.3) is 0 Å². The summed E-state index contributed by atoms with van der Waals surface area (Å²) in [6.45, 7) is 8.52. The van der Waals surface area contributed by atoms with E-state index in [-0.39, 0.29) is 0 Å². The van der Waals surface area contributed by atoms with E-state index in [1.165, 1.54) is 147 Å². The minimum Gasteiger partial charge on any atom is -0.303 e. The fourth-order valence-electron chi connectivity index (χ4n) is 4.75. The molecule has 180 valence electrons. The molecule has 0 bridgehead atoms. The van der Waals surface area contributed by atoms with Gasteiger partial charge in [0.1, 0.15) is 0 Å². The van der Waals surface area contributed by atoms with Gasteiger partial charge in [-0.15, -0.1) is 0 Å². The van der Waals surface area contributed by atoms with E-state index in [4.69, 9.17) is 0 Å². The van der Waals surface area contributed by atoms with Crippen LogP contribution in [0.5, 0.6) is 0 Å². The van der Waals surface area contributed by atoms with Crippen molar-refractivity contribution in [2.24, 2.45) is 0 Å². The summed E-state index contributed by atoms with van der Waals surface area (Å²) < 4.78 is 0. The van der Waals surface area contributed by atoms with Gasteiger partial charge in [-0.1, -0.05) is 134 Å². The van der Waals surface area contributed by atoms with Crippen LogP contribution < -0.4 is 0 Å². The third-order valence-electron chi connectivity index (χ3n) is 6.61. The Morgan fingerprint density at radius 1 is 0.452 bits per heavy atom. The third-order valence-corrected chi connectivity index (χ3v) is 6.61. The molecule has 0 spiro atoms. The quantitative estimate of drug-likeness (QED) is 0.156. The highest BCUT2D eigenvalue weighted by atomic mass is 15.1. The number of unbranched alkanes of at least 4 members (excludes halogenated alkanes) is 15. The molecule has 1 nitrogen and oxygen atoms in total. The second-order valence-electron chi connectivity index (χ2n) is 9.73. The van der Waals surface area contributed by atoms with Gasteiger partial charge in [0, 0.05) is 0 Å². The van der Waals surface area contributed by atoms with E-state index in [1.54, 1.807) is 0 Å². The minimum atomic E-state index is 1.26. The van der Waals surface area contributed by atoms with Crippen LogP contribution in [0.15, 0.2) is 30.3 Å². The molecule has 0 aliphatic heterocycles. The molecule has 31 heavy (non-hydrogen) atoms. The van der Waals surface area contributed by atoms with Gasteiger partial charge in [0.05, 0.1) is 0 Å². The van der Waals surface area contributed by atoms with Crippen molar-refractivity contribution in [2.75, 3.05) is 19.6 Å². The van der Waals surface area contributed by atoms with Crippen molar-refractivity contribution in [3.05, 3.63) is 35.9 Å². The Morgan fingerprint density at radius 3 is 1.26 bits per heavy atom. The van der Waals surface area contributed by atoms with Gasteiger partial charge in [-0.25, -0.2) is 0 Å². The highest BCUT2D eigenvalue weighted by molar-refractivity contribution is 5.14. The van der Waals surface area contributed by atoms with Gasteiger partial charge in [0.2, 0.25) is 0 Å². The summed E-state index contributed by atoms with van der Waals surface area (Å²) >= 11 is 0. The first-order chi connectivity index (χ1) is 15.4. The number of benzene rings is 1.